The normalized spacial score (nSPS) is 9.87. The zero-order chi connectivity index (χ0) is 10.7. The summed E-state index contributed by atoms with van der Waals surface area (Å²) in [6, 6.07) is 10.8. The van der Waals surface area contributed by atoms with Crippen LogP contribution >= 0.6 is 0 Å². The summed E-state index contributed by atoms with van der Waals surface area (Å²) in [5, 5.41) is 11.0. The minimum Gasteiger partial charge on any atom is -0.528 e. The third-order valence-electron chi connectivity index (χ3n) is 1.81. The quantitative estimate of drug-likeness (QED) is 0.719. The predicted octanol–water partition coefficient (Wildman–Crippen LogP) is 0.462. The second-order valence-electron chi connectivity index (χ2n) is 2.83. The Morgan fingerprint density at radius 1 is 1.27 bits per heavy atom. The number of hydrogen-bond acceptors (Lipinski definition) is 4. The number of aromatic nitrogens is 1. The highest BCUT2D eigenvalue weighted by Crippen LogP contribution is 2.15. The molecule has 76 valence electrons. The lowest BCUT2D eigenvalue weighted by molar-refractivity contribution is -0.258. The number of amides is 1. The summed E-state index contributed by atoms with van der Waals surface area (Å²) in [6.45, 7) is 0. The Morgan fingerprint density at radius 2 is 2.07 bits per heavy atom. The van der Waals surface area contributed by atoms with E-state index in [1.54, 1.807) is 23.7 Å². The number of nitrogens with zero attached hydrogens (tertiary/aromatic N) is 1. The number of rotatable bonds is 2. The van der Waals surface area contributed by atoms with Crippen LogP contribution < -0.4 is 15.4 Å². The molecule has 0 saturated heterocycles. The van der Waals surface area contributed by atoms with Gasteiger partial charge in [-0.05, 0) is 12.1 Å². The van der Waals surface area contributed by atoms with Crippen LogP contribution in [0, 0.1) is 0 Å². The Bertz CT molecular complexity index is 499. The van der Waals surface area contributed by atoms with E-state index in [0.717, 1.165) is 10.9 Å². The van der Waals surface area contributed by atoms with E-state index in [1.807, 2.05) is 18.2 Å². The number of carboxylic acid groups (broad SMARTS) is 1. The fourth-order valence-corrected chi connectivity index (χ4v) is 1.20. The topological polar surface area (TPSA) is 74.3 Å². The molecule has 0 spiro atoms. The zero-order valence-electron chi connectivity index (χ0n) is 7.64. The van der Waals surface area contributed by atoms with E-state index >= 15 is 0 Å². The highest BCUT2D eigenvalue weighted by molar-refractivity contribution is 5.78. The first-order valence-electron chi connectivity index (χ1n) is 4.25. The lowest BCUT2D eigenvalue weighted by Crippen LogP contribution is -2.38. The van der Waals surface area contributed by atoms with Crippen LogP contribution in [0.15, 0.2) is 36.4 Å². The maximum absolute atomic E-state index is 10.1. The van der Waals surface area contributed by atoms with E-state index in [-0.39, 0.29) is 5.88 Å². The molecule has 0 aliphatic heterocycles. The summed E-state index contributed by atoms with van der Waals surface area (Å²) in [5.41, 5.74) is 2.40. The van der Waals surface area contributed by atoms with Crippen molar-refractivity contribution in [1.82, 2.24) is 10.5 Å². The first kappa shape index (κ1) is 9.26. The van der Waals surface area contributed by atoms with Gasteiger partial charge in [-0.1, -0.05) is 18.2 Å². The van der Waals surface area contributed by atoms with Crippen LogP contribution in [-0.4, -0.2) is 11.1 Å². The first-order valence-corrected chi connectivity index (χ1v) is 4.25. The predicted molar refractivity (Wildman–Crippen MR) is 50.9 cm³/mol. The molecule has 0 aliphatic rings. The molecule has 0 fully saturated rings. The number of carbonyl (C=O) groups is 1. The van der Waals surface area contributed by atoms with Crippen LogP contribution in [0.4, 0.5) is 4.79 Å². The number of pyridine rings is 1. The van der Waals surface area contributed by atoms with Gasteiger partial charge in [-0.25, -0.2) is 10.5 Å². The van der Waals surface area contributed by atoms with Gasteiger partial charge in [0.15, 0.2) is 6.09 Å². The molecule has 2 aromatic rings. The van der Waals surface area contributed by atoms with Gasteiger partial charge in [0, 0.05) is 11.5 Å². The van der Waals surface area contributed by atoms with Crippen LogP contribution in [0.1, 0.15) is 0 Å². The summed E-state index contributed by atoms with van der Waals surface area (Å²) in [4.78, 5) is 18.8. The Balaban J connectivity index is 2.26. The first-order chi connectivity index (χ1) is 7.25. The lowest BCUT2D eigenvalue weighted by Gasteiger charge is -2.07. The molecule has 0 saturated carbocycles. The van der Waals surface area contributed by atoms with Crippen molar-refractivity contribution in [2.24, 2.45) is 0 Å². The maximum atomic E-state index is 10.1. The monoisotopic (exact) mass is 203 g/mol. The fraction of sp³-hybridized carbons (Fsp3) is 0. The van der Waals surface area contributed by atoms with E-state index in [2.05, 4.69) is 9.82 Å². The Kier molecular flexibility index (Phi) is 2.37. The van der Waals surface area contributed by atoms with E-state index in [9.17, 15) is 9.90 Å². The highest BCUT2D eigenvalue weighted by atomic mass is 16.7. The van der Waals surface area contributed by atoms with Gasteiger partial charge in [-0.2, -0.15) is 0 Å². The summed E-state index contributed by atoms with van der Waals surface area (Å²) in [7, 11) is 0. The molecular weight excluding hydrogens is 196 g/mol. The number of benzene rings is 1. The molecule has 0 aliphatic carbocycles. The van der Waals surface area contributed by atoms with Gasteiger partial charge >= 0.3 is 0 Å². The second-order valence-corrected chi connectivity index (χ2v) is 2.83. The highest BCUT2D eigenvalue weighted by Gasteiger charge is 1.98. The lowest BCUT2D eigenvalue weighted by atomic mass is 10.2. The fourth-order valence-electron chi connectivity index (χ4n) is 1.20. The molecule has 0 atom stereocenters. The molecule has 0 radical (unpaired) electrons. The SMILES string of the molecule is O=C([O-])NOc1ccc2ccccc2n1. The molecule has 1 heterocycles. The van der Waals surface area contributed by atoms with Crippen molar-refractivity contribution in [3.05, 3.63) is 36.4 Å². The van der Waals surface area contributed by atoms with Crippen LogP contribution in [0.25, 0.3) is 10.9 Å². The second kappa shape index (κ2) is 3.83. The largest absolute Gasteiger partial charge is 0.528 e. The van der Waals surface area contributed by atoms with Crippen molar-refractivity contribution in [3.63, 3.8) is 0 Å². The van der Waals surface area contributed by atoms with Gasteiger partial charge in [0.1, 0.15) is 0 Å². The van der Waals surface area contributed by atoms with E-state index in [0.29, 0.717) is 0 Å². The van der Waals surface area contributed by atoms with Gasteiger partial charge in [0.25, 0.3) is 0 Å². The molecular formula is C10H7N2O3-. The van der Waals surface area contributed by atoms with Crippen molar-refractivity contribution < 1.29 is 14.7 Å². The van der Waals surface area contributed by atoms with Crippen molar-refractivity contribution in [2.75, 3.05) is 0 Å². The van der Waals surface area contributed by atoms with Gasteiger partial charge in [0.05, 0.1) is 5.52 Å². The minimum atomic E-state index is -1.51. The smallest absolute Gasteiger partial charge is 0.246 e. The number of para-hydroxylation sites is 1. The Labute approximate surface area is 85.3 Å². The number of carbonyl (C=O) groups excluding carboxylic acids is 1. The van der Waals surface area contributed by atoms with E-state index in [4.69, 9.17) is 0 Å². The third-order valence-corrected chi connectivity index (χ3v) is 1.81. The molecule has 1 amide bonds. The number of hydroxylamine groups is 1. The molecule has 0 unspecified atom stereocenters. The van der Waals surface area contributed by atoms with Crippen LogP contribution in [-0.2, 0) is 0 Å². The maximum Gasteiger partial charge on any atom is 0.246 e. The molecule has 2 rings (SSSR count). The Morgan fingerprint density at radius 3 is 2.87 bits per heavy atom. The third kappa shape index (κ3) is 2.14. The van der Waals surface area contributed by atoms with Gasteiger partial charge in [-0.15, -0.1) is 0 Å². The average Bonchev–Trinajstić information content (AvgIpc) is 2.26. The summed E-state index contributed by atoms with van der Waals surface area (Å²) in [6.07, 6.45) is -1.51. The van der Waals surface area contributed by atoms with Crippen molar-refractivity contribution in [3.8, 4) is 5.88 Å². The Hall–Kier alpha value is -2.30. The molecule has 15 heavy (non-hydrogen) atoms. The van der Waals surface area contributed by atoms with Crippen LogP contribution in [0.3, 0.4) is 0 Å². The van der Waals surface area contributed by atoms with E-state index < -0.39 is 6.09 Å². The van der Waals surface area contributed by atoms with Crippen LogP contribution in [0.5, 0.6) is 5.88 Å². The van der Waals surface area contributed by atoms with Gasteiger partial charge < -0.3 is 14.7 Å². The number of nitrogens with one attached hydrogen (secondary N) is 1. The van der Waals surface area contributed by atoms with Gasteiger partial charge in [-0.3, -0.25) is 0 Å². The molecule has 1 aromatic carbocycles. The zero-order valence-corrected chi connectivity index (χ0v) is 7.64. The molecule has 1 N–H and O–H groups in total. The van der Waals surface area contributed by atoms with Crippen LogP contribution in [0.2, 0.25) is 0 Å². The molecule has 1 aromatic heterocycles. The summed E-state index contributed by atoms with van der Waals surface area (Å²) >= 11 is 0. The summed E-state index contributed by atoms with van der Waals surface area (Å²) in [5.74, 6) is 0.179. The van der Waals surface area contributed by atoms with Crippen molar-refractivity contribution in [1.29, 1.82) is 0 Å². The average molecular weight is 203 g/mol. The van der Waals surface area contributed by atoms with Crippen molar-refractivity contribution >= 4 is 17.0 Å². The molecule has 5 heteroatoms. The molecule has 5 nitrogen and oxygen atoms in total. The summed E-state index contributed by atoms with van der Waals surface area (Å²) < 4.78 is 0. The van der Waals surface area contributed by atoms with E-state index in [1.165, 1.54) is 0 Å². The number of hydrogen-bond donors (Lipinski definition) is 1. The van der Waals surface area contributed by atoms with Crippen molar-refractivity contribution in [2.45, 2.75) is 0 Å². The number of fused-ring (bicyclic) bond motifs is 1. The minimum absolute atomic E-state index is 0.179. The standard InChI is InChI=1S/C10H8N2O3/c13-10(14)12-15-9-6-5-7-3-1-2-4-8(7)11-9/h1-6,12H,(H,13,14)/p-1. The van der Waals surface area contributed by atoms with Gasteiger partial charge in [0.2, 0.25) is 5.88 Å². The molecule has 0 bridgehead atoms.